The van der Waals surface area contributed by atoms with Crippen LogP contribution in [0.25, 0.3) is 22.3 Å². The number of rotatable bonds is 11. The van der Waals surface area contributed by atoms with Gasteiger partial charge in [0.1, 0.15) is 0 Å². The summed E-state index contributed by atoms with van der Waals surface area (Å²) in [5.74, 6) is -0.492. The Labute approximate surface area is 288 Å². The third-order valence-corrected chi connectivity index (χ3v) is 10.0. The predicted octanol–water partition coefficient (Wildman–Crippen LogP) is 8.76. The minimum Gasteiger partial charge on any atom is -0.348 e. The standard InChI is InChI=1S/C40H32F3N3O3S/c41-40(42,43)38-11-5-4-10-36(38)26-45-39(47)35-18-16-33(17-19-35)32-14-12-29(13-15-32)27-46(28-30-7-6-24-44-25-30)50(48,49)37-22-20-34(21-23-37)31-8-2-1-3-9-31/h1-25H,26-28H2,(H,45,47). The maximum absolute atomic E-state index is 14.0. The first kappa shape index (κ1) is 34.3. The first-order valence-electron chi connectivity index (χ1n) is 15.8. The molecule has 0 radical (unpaired) electrons. The second-order valence-corrected chi connectivity index (χ2v) is 13.6. The summed E-state index contributed by atoms with van der Waals surface area (Å²) in [6, 6.07) is 39.6. The number of carbonyl (C=O) groups excluding carboxylic acids is 1. The third-order valence-electron chi connectivity index (χ3n) is 8.24. The van der Waals surface area contributed by atoms with Gasteiger partial charge in [-0.2, -0.15) is 17.5 Å². The Hall–Kier alpha value is -5.58. The number of hydrogen-bond donors (Lipinski definition) is 1. The molecular weight excluding hydrogens is 660 g/mol. The molecule has 0 saturated heterocycles. The van der Waals surface area contributed by atoms with Crippen LogP contribution in [0, 0.1) is 0 Å². The summed E-state index contributed by atoms with van der Waals surface area (Å²) in [6.07, 6.45) is -1.23. The molecule has 0 aliphatic heterocycles. The number of benzene rings is 5. The highest BCUT2D eigenvalue weighted by Crippen LogP contribution is 2.32. The van der Waals surface area contributed by atoms with E-state index in [0.29, 0.717) is 5.56 Å². The lowest BCUT2D eigenvalue weighted by Gasteiger charge is -2.23. The Bertz CT molecular complexity index is 2160. The smallest absolute Gasteiger partial charge is 0.348 e. The molecule has 0 aliphatic carbocycles. The largest absolute Gasteiger partial charge is 0.416 e. The maximum atomic E-state index is 14.0. The summed E-state index contributed by atoms with van der Waals surface area (Å²) in [4.78, 5) is 17.1. The van der Waals surface area contributed by atoms with E-state index in [1.54, 1.807) is 67.0 Å². The van der Waals surface area contributed by atoms with Crippen molar-refractivity contribution in [1.29, 1.82) is 0 Å². The molecule has 0 aliphatic rings. The zero-order valence-electron chi connectivity index (χ0n) is 26.7. The second kappa shape index (κ2) is 14.9. The zero-order chi connectivity index (χ0) is 35.1. The molecule has 0 atom stereocenters. The third kappa shape index (κ3) is 8.16. The molecule has 0 unspecified atom stereocenters. The Balaban J connectivity index is 1.15. The van der Waals surface area contributed by atoms with Crippen molar-refractivity contribution in [3.05, 3.63) is 180 Å². The van der Waals surface area contributed by atoms with Crippen molar-refractivity contribution in [2.45, 2.75) is 30.7 Å². The fraction of sp³-hybridized carbons (Fsp3) is 0.100. The van der Waals surface area contributed by atoms with Gasteiger partial charge in [0, 0.05) is 37.6 Å². The van der Waals surface area contributed by atoms with Crippen molar-refractivity contribution < 1.29 is 26.4 Å². The molecule has 6 aromatic rings. The molecule has 0 bridgehead atoms. The van der Waals surface area contributed by atoms with E-state index in [1.165, 1.54) is 22.5 Å². The van der Waals surface area contributed by atoms with Crippen molar-refractivity contribution in [3.8, 4) is 22.3 Å². The highest BCUT2D eigenvalue weighted by Gasteiger charge is 2.33. The van der Waals surface area contributed by atoms with Crippen LogP contribution < -0.4 is 5.32 Å². The van der Waals surface area contributed by atoms with Gasteiger partial charge < -0.3 is 5.32 Å². The number of amides is 1. The number of nitrogens with one attached hydrogen (secondary N) is 1. The van der Waals surface area contributed by atoms with Crippen LogP contribution in [0.2, 0.25) is 0 Å². The molecule has 6 nitrogen and oxygen atoms in total. The van der Waals surface area contributed by atoms with Crippen LogP contribution in [0.5, 0.6) is 0 Å². The van der Waals surface area contributed by atoms with Gasteiger partial charge in [0.25, 0.3) is 5.91 Å². The van der Waals surface area contributed by atoms with Crippen LogP contribution in [0.1, 0.15) is 32.6 Å². The van der Waals surface area contributed by atoms with Crippen LogP contribution >= 0.6 is 0 Å². The number of carbonyl (C=O) groups is 1. The Morgan fingerprint density at radius 3 is 1.82 bits per heavy atom. The molecule has 1 aromatic heterocycles. The van der Waals surface area contributed by atoms with E-state index in [-0.39, 0.29) is 30.1 Å². The van der Waals surface area contributed by atoms with Crippen LogP contribution in [0.4, 0.5) is 13.2 Å². The van der Waals surface area contributed by atoms with Crippen molar-refractivity contribution >= 4 is 15.9 Å². The van der Waals surface area contributed by atoms with Crippen molar-refractivity contribution in [3.63, 3.8) is 0 Å². The molecule has 1 amide bonds. The average molecular weight is 692 g/mol. The molecule has 0 saturated carbocycles. The summed E-state index contributed by atoms with van der Waals surface area (Å²) in [7, 11) is -3.89. The number of nitrogens with zero attached hydrogens (tertiary/aromatic N) is 2. The van der Waals surface area contributed by atoms with Gasteiger partial charge in [0.15, 0.2) is 0 Å². The number of sulfonamides is 1. The van der Waals surface area contributed by atoms with E-state index in [2.05, 4.69) is 10.3 Å². The molecule has 0 spiro atoms. The lowest BCUT2D eigenvalue weighted by Crippen LogP contribution is -2.30. The zero-order valence-corrected chi connectivity index (χ0v) is 27.5. The second-order valence-electron chi connectivity index (χ2n) is 11.6. The number of pyridine rings is 1. The molecule has 1 N–H and O–H groups in total. The lowest BCUT2D eigenvalue weighted by molar-refractivity contribution is -0.138. The lowest BCUT2D eigenvalue weighted by atomic mass is 10.0. The van der Waals surface area contributed by atoms with Crippen LogP contribution in [-0.2, 0) is 35.8 Å². The van der Waals surface area contributed by atoms with Gasteiger partial charge in [-0.05, 0) is 75.3 Å². The van der Waals surface area contributed by atoms with Crippen molar-refractivity contribution in [2.24, 2.45) is 0 Å². The number of hydrogen-bond acceptors (Lipinski definition) is 4. The molecule has 1 heterocycles. The van der Waals surface area contributed by atoms with Crippen LogP contribution in [-0.4, -0.2) is 23.6 Å². The van der Waals surface area contributed by atoms with E-state index in [4.69, 9.17) is 0 Å². The molecular formula is C40H32F3N3O3S. The van der Waals surface area contributed by atoms with E-state index >= 15 is 0 Å². The Morgan fingerprint density at radius 2 is 1.20 bits per heavy atom. The Morgan fingerprint density at radius 1 is 0.640 bits per heavy atom. The fourth-order valence-electron chi connectivity index (χ4n) is 5.57. The SMILES string of the molecule is O=C(NCc1ccccc1C(F)(F)F)c1ccc(-c2ccc(CN(Cc3cccnc3)S(=O)(=O)c3ccc(-c4ccccc4)cc3)cc2)cc1. The van der Waals surface area contributed by atoms with E-state index in [0.717, 1.165) is 39.4 Å². The maximum Gasteiger partial charge on any atom is 0.416 e. The van der Waals surface area contributed by atoms with Gasteiger partial charge in [-0.1, -0.05) is 103 Å². The van der Waals surface area contributed by atoms with E-state index < -0.39 is 27.7 Å². The fourth-order valence-corrected chi connectivity index (χ4v) is 6.99. The Kier molecular flexibility index (Phi) is 10.2. The highest BCUT2D eigenvalue weighted by molar-refractivity contribution is 7.89. The van der Waals surface area contributed by atoms with Crippen molar-refractivity contribution in [2.75, 3.05) is 0 Å². The molecule has 5 aromatic carbocycles. The van der Waals surface area contributed by atoms with Gasteiger partial charge in [-0.3, -0.25) is 9.78 Å². The average Bonchev–Trinajstić information content (AvgIpc) is 3.14. The van der Waals surface area contributed by atoms with Gasteiger partial charge in [0.2, 0.25) is 10.0 Å². The van der Waals surface area contributed by atoms with Crippen molar-refractivity contribution in [1.82, 2.24) is 14.6 Å². The summed E-state index contributed by atoms with van der Waals surface area (Å²) in [5, 5.41) is 2.57. The van der Waals surface area contributed by atoms with Gasteiger partial charge in [-0.25, -0.2) is 8.42 Å². The van der Waals surface area contributed by atoms with Crippen LogP contribution in [0.3, 0.4) is 0 Å². The molecule has 50 heavy (non-hydrogen) atoms. The van der Waals surface area contributed by atoms with Crippen LogP contribution in [0.15, 0.2) is 157 Å². The molecule has 252 valence electrons. The molecule has 10 heteroatoms. The summed E-state index contributed by atoms with van der Waals surface area (Å²) >= 11 is 0. The highest BCUT2D eigenvalue weighted by atomic mass is 32.2. The quantitative estimate of drug-likeness (QED) is 0.147. The first-order valence-corrected chi connectivity index (χ1v) is 17.2. The van der Waals surface area contributed by atoms with E-state index in [1.807, 2.05) is 60.7 Å². The van der Waals surface area contributed by atoms with Gasteiger partial charge in [-0.15, -0.1) is 0 Å². The normalized spacial score (nSPS) is 11.8. The summed E-state index contributed by atoms with van der Waals surface area (Å²) in [5.41, 5.74) is 4.61. The summed E-state index contributed by atoms with van der Waals surface area (Å²) in [6.45, 7) is -0.0115. The minimum absolute atomic E-state index is 0.0159. The topological polar surface area (TPSA) is 79.4 Å². The number of halogens is 3. The minimum atomic E-state index is -4.51. The number of alkyl halides is 3. The van der Waals surface area contributed by atoms with Gasteiger partial charge >= 0.3 is 6.18 Å². The number of aromatic nitrogens is 1. The predicted molar refractivity (Wildman–Crippen MR) is 187 cm³/mol. The monoisotopic (exact) mass is 691 g/mol. The molecule has 0 fully saturated rings. The first-order chi connectivity index (χ1) is 24.1. The van der Waals surface area contributed by atoms with E-state index in [9.17, 15) is 26.4 Å². The summed E-state index contributed by atoms with van der Waals surface area (Å²) < 4.78 is 69.3. The molecule has 6 rings (SSSR count). The van der Waals surface area contributed by atoms with Gasteiger partial charge in [0.05, 0.1) is 10.5 Å².